The number of urea groups is 1. The van der Waals surface area contributed by atoms with Gasteiger partial charge in [-0.1, -0.05) is 54.6 Å². The molecule has 0 radical (unpaired) electrons. The normalized spacial score (nSPS) is 13.8. The van der Waals surface area contributed by atoms with Gasteiger partial charge in [-0.2, -0.15) is 13.2 Å². The van der Waals surface area contributed by atoms with Crippen molar-refractivity contribution in [1.82, 2.24) is 20.4 Å². The lowest BCUT2D eigenvalue weighted by atomic mass is 9.93. The third kappa shape index (κ3) is 5.23. The number of carbonyl (C=O) groups excluding carboxylic acids is 1. The highest BCUT2D eigenvalue weighted by molar-refractivity contribution is 6.05. The Morgan fingerprint density at radius 3 is 2.14 bits per heavy atom. The number of halogens is 4. The van der Waals surface area contributed by atoms with Gasteiger partial charge in [0.15, 0.2) is 0 Å². The van der Waals surface area contributed by atoms with Crippen LogP contribution in [0.5, 0.6) is 0 Å². The Balaban J connectivity index is 0.00000320. The third-order valence-corrected chi connectivity index (χ3v) is 6.39. The van der Waals surface area contributed by atoms with E-state index >= 15 is 0 Å². The molecule has 10 heteroatoms. The Kier molecular flexibility index (Phi) is 7.65. The summed E-state index contributed by atoms with van der Waals surface area (Å²) in [4.78, 5) is 14.6. The highest BCUT2D eigenvalue weighted by atomic mass is 35.5. The van der Waals surface area contributed by atoms with Gasteiger partial charge in [-0.25, -0.2) is 4.79 Å². The van der Waals surface area contributed by atoms with Crippen LogP contribution in [0.25, 0.3) is 33.3 Å². The maximum Gasteiger partial charge on any atom is 0.416 e. The highest BCUT2D eigenvalue weighted by Crippen LogP contribution is 2.42. The van der Waals surface area contributed by atoms with Gasteiger partial charge in [0.05, 0.1) is 11.3 Å². The first-order chi connectivity index (χ1) is 17.3. The molecule has 1 aliphatic rings. The van der Waals surface area contributed by atoms with Gasteiger partial charge in [0, 0.05) is 48.1 Å². The lowest BCUT2D eigenvalue weighted by Gasteiger charge is -2.28. The molecule has 6 nitrogen and oxygen atoms in total. The molecule has 1 aromatic heterocycles. The first-order valence-corrected chi connectivity index (χ1v) is 11.6. The number of aromatic nitrogens is 2. The van der Waals surface area contributed by atoms with Crippen LogP contribution in [-0.2, 0) is 6.18 Å². The second-order valence-corrected chi connectivity index (χ2v) is 8.63. The number of hydrogen-bond acceptors (Lipinski definition) is 4. The molecule has 0 atom stereocenters. The van der Waals surface area contributed by atoms with Crippen molar-refractivity contribution >= 4 is 34.9 Å². The summed E-state index contributed by atoms with van der Waals surface area (Å²) in [7, 11) is 0. The zero-order valence-electron chi connectivity index (χ0n) is 20.0. The second-order valence-electron chi connectivity index (χ2n) is 8.63. The summed E-state index contributed by atoms with van der Waals surface area (Å²) in [5.74, 6) is 0. The van der Waals surface area contributed by atoms with Crippen LogP contribution in [-0.4, -0.2) is 47.3 Å². The molecule has 0 saturated carbocycles. The first kappa shape index (κ1) is 26.4. The Morgan fingerprint density at radius 2 is 1.49 bits per heavy atom. The third-order valence-electron chi connectivity index (χ3n) is 6.39. The molecule has 1 saturated heterocycles. The molecule has 0 unspecified atom stereocenters. The average Bonchev–Trinajstić information content (AvgIpc) is 2.89. The quantitative estimate of drug-likeness (QED) is 0.335. The molecular formula is C27H25ClF3N5O. The molecule has 4 aromatic rings. The number of benzene rings is 3. The van der Waals surface area contributed by atoms with Crippen molar-refractivity contribution in [3.63, 3.8) is 0 Å². The molecule has 0 aliphatic carbocycles. The lowest BCUT2D eigenvalue weighted by molar-refractivity contribution is -0.138. The maximum absolute atomic E-state index is 13.9. The van der Waals surface area contributed by atoms with Gasteiger partial charge >= 0.3 is 12.2 Å². The van der Waals surface area contributed by atoms with Crippen LogP contribution in [0.3, 0.4) is 0 Å². The molecule has 5 rings (SSSR count). The van der Waals surface area contributed by atoms with Crippen LogP contribution < -0.4 is 10.6 Å². The molecule has 1 fully saturated rings. The van der Waals surface area contributed by atoms with Gasteiger partial charge in [-0.15, -0.1) is 22.6 Å². The number of amides is 2. The smallest absolute Gasteiger partial charge is 0.322 e. The molecule has 192 valence electrons. The number of nitrogens with zero attached hydrogens (tertiary/aromatic N) is 3. The van der Waals surface area contributed by atoms with Crippen molar-refractivity contribution in [1.29, 1.82) is 0 Å². The van der Waals surface area contributed by atoms with Crippen LogP contribution in [0.2, 0.25) is 0 Å². The topological polar surface area (TPSA) is 70.2 Å². The fraction of sp³-hybridized carbons (Fsp3) is 0.222. The summed E-state index contributed by atoms with van der Waals surface area (Å²) in [6.07, 6.45) is -4.56. The number of piperazine rings is 1. The predicted octanol–water partition coefficient (Wildman–Crippen LogP) is 6.15. The standard InChI is InChI=1S/C27H24F3N5O.ClH/c1-17-21(27(28,29)30)11-12-22(32-26(36)35-15-13-31-14-16-35)23(17)25-20-10-6-5-9-19(20)24(33-34-25)18-7-3-2-4-8-18;/h2-12,31H,13-16H2,1H3,(H,32,36);1H. The summed E-state index contributed by atoms with van der Waals surface area (Å²) in [6, 6.07) is 18.8. The molecule has 37 heavy (non-hydrogen) atoms. The number of rotatable bonds is 3. The fourth-order valence-corrected chi connectivity index (χ4v) is 4.59. The minimum absolute atomic E-state index is 0. The van der Waals surface area contributed by atoms with E-state index in [1.165, 1.54) is 13.0 Å². The van der Waals surface area contributed by atoms with E-state index in [1.54, 1.807) is 4.90 Å². The number of carbonyl (C=O) groups is 1. The van der Waals surface area contributed by atoms with E-state index < -0.39 is 11.7 Å². The van der Waals surface area contributed by atoms with E-state index in [1.807, 2.05) is 54.6 Å². The zero-order chi connectivity index (χ0) is 25.3. The van der Waals surface area contributed by atoms with E-state index in [0.717, 1.165) is 17.0 Å². The van der Waals surface area contributed by atoms with Crippen molar-refractivity contribution < 1.29 is 18.0 Å². The molecule has 2 amide bonds. The number of hydrogen-bond donors (Lipinski definition) is 2. The zero-order valence-corrected chi connectivity index (χ0v) is 20.8. The van der Waals surface area contributed by atoms with Crippen LogP contribution in [0.4, 0.5) is 23.7 Å². The van der Waals surface area contributed by atoms with Crippen LogP contribution in [0.15, 0.2) is 66.7 Å². The molecule has 0 spiro atoms. The SMILES string of the molecule is Cc1c(C(F)(F)F)ccc(NC(=O)N2CCNCC2)c1-c1nnc(-c2ccccc2)c2ccccc12.Cl. The summed E-state index contributed by atoms with van der Waals surface area (Å²) >= 11 is 0. The highest BCUT2D eigenvalue weighted by Gasteiger charge is 2.35. The number of alkyl halides is 3. The van der Waals surface area contributed by atoms with Crippen molar-refractivity contribution in [2.24, 2.45) is 0 Å². The van der Waals surface area contributed by atoms with Crippen molar-refractivity contribution in [3.05, 3.63) is 77.9 Å². The summed E-state index contributed by atoms with van der Waals surface area (Å²) in [6.45, 7) is 3.73. The van der Waals surface area contributed by atoms with E-state index in [-0.39, 0.29) is 40.9 Å². The largest absolute Gasteiger partial charge is 0.416 e. The van der Waals surface area contributed by atoms with E-state index in [9.17, 15) is 18.0 Å². The molecule has 2 heterocycles. The van der Waals surface area contributed by atoms with Crippen LogP contribution in [0, 0.1) is 6.92 Å². The predicted molar refractivity (Wildman–Crippen MR) is 141 cm³/mol. The van der Waals surface area contributed by atoms with Gasteiger partial charge in [0.25, 0.3) is 0 Å². The summed E-state index contributed by atoms with van der Waals surface area (Å²) < 4.78 is 41.7. The fourth-order valence-electron chi connectivity index (χ4n) is 4.59. The summed E-state index contributed by atoms with van der Waals surface area (Å²) in [5, 5.41) is 16.3. The van der Waals surface area contributed by atoms with Gasteiger partial charge in [-0.05, 0) is 24.6 Å². The Bertz CT molecular complexity index is 1420. The van der Waals surface area contributed by atoms with E-state index in [0.29, 0.717) is 37.3 Å². The van der Waals surface area contributed by atoms with Crippen molar-refractivity contribution in [2.75, 3.05) is 31.5 Å². The molecular weight excluding hydrogens is 503 g/mol. The Morgan fingerprint density at radius 1 is 0.892 bits per heavy atom. The number of nitrogens with one attached hydrogen (secondary N) is 2. The average molecular weight is 528 g/mol. The van der Waals surface area contributed by atoms with Gasteiger partial charge < -0.3 is 15.5 Å². The Labute approximate surface area is 218 Å². The van der Waals surface area contributed by atoms with Crippen LogP contribution in [0.1, 0.15) is 11.1 Å². The van der Waals surface area contributed by atoms with Gasteiger partial charge in [0.2, 0.25) is 0 Å². The monoisotopic (exact) mass is 527 g/mol. The number of anilines is 1. The molecule has 0 bridgehead atoms. The molecule has 1 aliphatic heterocycles. The molecule has 3 aromatic carbocycles. The van der Waals surface area contributed by atoms with E-state index in [2.05, 4.69) is 20.8 Å². The minimum atomic E-state index is -4.56. The lowest BCUT2D eigenvalue weighted by Crippen LogP contribution is -2.48. The van der Waals surface area contributed by atoms with Gasteiger partial charge in [0.1, 0.15) is 11.4 Å². The minimum Gasteiger partial charge on any atom is -0.322 e. The summed E-state index contributed by atoms with van der Waals surface area (Å²) in [5.41, 5.74) is 1.42. The molecule has 2 N–H and O–H groups in total. The number of fused-ring (bicyclic) bond motifs is 1. The van der Waals surface area contributed by atoms with Crippen molar-refractivity contribution in [2.45, 2.75) is 13.1 Å². The van der Waals surface area contributed by atoms with E-state index in [4.69, 9.17) is 0 Å². The van der Waals surface area contributed by atoms with Crippen molar-refractivity contribution in [3.8, 4) is 22.5 Å². The first-order valence-electron chi connectivity index (χ1n) is 11.6. The Hall–Kier alpha value is -3.69. The van der Waals surface area contributed by atoms with Crippen LogP contribution >= 0.6 is 12.4 Å². The second kappa shape index (κ2) is 10.7. The van der Waals surface area contributed by atoms with Gasteiger partial charge in [-0.3, -0.25) is 0 Å². The maximum atomic E-state index is 13.9.